The second kappa shape index (κ2) is 19.3. The molecule has 0 unspecified atom stereocenters. The number of hydrogen-bond donors (Lipinski definition) is 0. The van der Waals surface area contributed by atoms with Crippen molar-refractivity contribution in [1.29, 1.82) is 0 Å². The molecule has 5 aromatic rings. The van der Waals surface area contributed by atoms with Gasteiger partial charge in [0.05, 0.1) is 38.1 Å². The Morgan fingerprint density at radius 3 is 1.21 bits per heavy atom. The molecule has 4 aromatic carbocycles. The average Bonchev–Trinajstić information content (AvgIpc) is 4.09. The molecule has 4 aliphatic heterocycles. The van der Waals surface area contributed by atoms with Crippen LogP contribution in [0.5, 0.6) is 0 Å². The molecule has 0 fully saturated rings. The summed E-state index contributed by atoms with van der Waals surface area (Å²) in [5.41, 5.74) is 5.65. The molecule has 0 N–H and O–H groups in total. The maximum Gasteiger partial charge on any atom is 0.136 e. The van der Waals surface area contributed by atoms with Gasteiger partial charge in [-0.05, 0) is 66.2 Å². The number of benzene rings is 4. The van der Waals surface area contributed by atoms with Crippen LogP contribution in [0.2, 0.25) is 0 Å². The first-order chi connectivity index (χ1) is 28.6. The van der Waals surface area contributed by atoms with Crippen LogP contribution in [0.25, 0.3) is 0 Å². The molecule has 0 spiro atoms. The van der Waals surface area contributed by atoms with Crippen molar-refractivity contribution < 1.29 is 0 Å². The normalized spacial score (nSPS) is 17.6. The Bertz CT molecular complexity index is 2110. The molecule has 9 rings (SSSR count). The van der Waals surface area contributed by atoms with Gasteiger partial charge in [0.2, 0.25) is 0 Å². The summed E-state index contributed by atoms with van der Waals surface area (Å²) in [5.74, 6) is 2.41. The van der Waals surface area contributed by atoms with Gasteiger partial charge in [0.1, 0.15) is 8.16 Å². The Morgan fingerprint density at radius 1 is 0.448 bits per heavy atom. The molecule has 0 amide bonds. The molecule has 0 bridgehead atoms. The fraction of sp³-hybridized carbons (Fsp3) is 0.319. The molecule has 300 valence electrons. The zero-order valence-electron chi connectivity index (χ0n) is 33.0. The van der Waals surface area contributed by atoms with Crippen LogP contribution < -0.4 is 0 Å². The van der Waals surface area contributed by atoms with Crippen molar-refractivity contribution in [3.8, 4) is 0 Å². The highest BCUT2D eigenvalue weighted by atomic mass is 32.3. The van der Waals surface area contributed by atoms with Gasteiger partial charge in [0.15, 0.2) is 0 Å². The fourth-order valence-electron chi connectivity index (χ4n) is 7.64. The predicted octanol–water partition coefficient (Wildman–Crippen LogP) is 17.9. The maximum atomic E-state index is 2.82. The van der Waals surface area contributed by atoms with Crippen molar-refractivity contribution in [3.63, 3.8) is 0 Å². The van der Waals surface area contributed by atoms with E-state index < -0.39 is 0 Å². The lowest BCUT2D eigenvalue weighted by molar-refractivity contribution is 0.610. The predicted molar refractivity (Wildman–Crippen MR) is 270 cm³/mol. The number of nitrogens with zero attached hydrogens (tertiary/aromatic N) is 1. The van der Waals surface area contributed by atoms with Crippen LogP contribution in [0, 0.1) is 0 Å². The lowest BCUT2D eigenvalue weighted by Gasteiger charge is -2.34. The first-order valence-corrected chi connectivity index (χ1v) is 28.9. The van der Waals surface area contributed by atoms with E-state index in [1.54, 1.807) is 0 Å². The molecule has 5 heterocycles. The van der Waals surface area contributed by atoms with Gasteiger partial charge in [-0.25, -0.2) is 0 Å². The first kappa shape index (κ1) is 42.4. The summed E-state index contributed by atoms with van der Waals surface area (Å²) in [4.78, 5) is 8.42. The van der Waals surface area contributed by atoms with Crippen LogP contribution in [0.15, 0.2) is 156 Å². The fourth-order valence-corrected chi connectivity index (χ4v) is 23.7. The van der Waals surface area contributed by atoms with E-state index in [1.807, 2.05) is 0 Å². The molecule has 4 aliphatic rings. The highest BCUT2D eigenvalue weighted by Crippen LogP contribution is 2.74. The van der Waals surface area contributed by atoms with E-state index in [0.29, 0.717) is 0 Å². The largest absolute Gasteiger partial charge is 0.342 e. The zero-order valence-corrected chi connectivity index (χ0v) is 41.2. The van der Waals surface area contributed by atoms with Crippen molar-refractivity contribution in [2.24, 2.45) is 0 Å². The summed E-state index contributed by atoms with van der Waals surface area (Å²) >= 11 is 20.7. The Morgan fingerprint density at radius 2 is 0.828 bits per heavy atom. The van der Waals surface area contributed by atoms with E-state index >= 15 is 0 Å². The molecule has 0 aliphatic carbocycles. The van der Waals surface area contributed by atoms with Gasteiger partial charge < -0.3 is 4.57 Å². The van der Waals surface area contributed by atoms with E-state index in [-0.39, 0.29) is 8.16 Å². The van der Waals surface area contributed by atoms with Gasteiger partial charge in [-0.15, -0.1) is 23.5 Å². The van der Waals surface area contributed by atoms with Crippen LogP contribution in [-0.4, -0.2) is 16.1 Å². The molecular formula is C47H47NS10. The van der Waals surface area contributed by atoms with Crippen LogP contribution >= 0.6 is 118 Å². The van der Waals surface area contributed by atoms with Gasteiger partial charge in [0.25, 0.3) is 0 Å². The highest BCUT2D eigenvalue weighted by Gasteiger charge is 2.54. The number of hydrogen-bond acceptors (Lipinski definition) is 10. The summed E-state index contributed by atoms with van der Waals surface area (Å²) in [7, 11) is 0. The van der Waals surface area contributed by atoms with E-state index in [9.17, 15) is 0 Å². The van der Waals surface area contributed by atoms with Crippen molar-refractivity contribution >= 4 is 118 Å². The van der Waals surface area contributed by atoms with Gasteiger partial charge in [-0.3, -0.25) is 0 Å². The number of thioether (sulfide) groups is 10. The van der Waals surface area contributed by atoms with Crippen LogP contribution in [0.4, 0.5) is 0 Å². The summed E-state index contributed by atoms with van der Waals surface area (Å²) in [6, 6.07) is 41.0. The lowest BCUT2D eigenvalue weighted by Crippen LogP contribution is -2.27. The quantitative estimate of drug-likeness (QED) is 0.0878. The molecule has 1 nitrogen and oxygen atoms in total. The van der Waals surface area contributed by atoms with Crippen LogP contribution in [-0.2, 0) is 14.7 Å². The minimum atomic E-state index is -0.344. The Kier molecular flexibility index (Phi) is 14.1. The highest BCUT2D eigenvalue weighted by molar-refractivity contribution is 8.42. The third-order valence-electron chi connectivity index (χ3n) is 10.3. The average molecular weight is 947 g/mol. The summed E-state index contributed by atoms with van der Waals surface area (Å²) < 4.78 is 8.15. The Hall–Kier alpha value is -0.860. The van der Waals surface area contributed by atoms with Crippen molar-refractivity contribution in [1.82, 2.24) is 4.57 Å². The summed E-state index contributed by atoms with van der Waals surface area (Å²) in [6.45, 7) is 7.95. The zero-order chi connectivity index (χ0) is 39.5. The summed E-state index contributed by atoms with van der Waals surface area (Å²) in [6.07, 6.45) is 8.80. The van der Waals surface area contributed by atoms with Crippen LogP contribution in [0.3, 0.4) is 0 Å². The molecule has 0 radical (unpaired) electrons. The third kappa shape index (κ3) is 8.23. The maximum absolute atomic E-state index is 2.82. The molecule has 0 saturated heterocycles. The van der Waals surface area contributed by atoms with Crippen molar-refractivity contribution in [3.05, 3.63) is 149 Å². The minimum Gasteiger partial charge on any atom is -0.342 e. The molecular weight excluding hydrogens is 899 g/mol. The second-order valence-electron chi connectivity index (χ2n) is 14.4. The standard InChI is InChI=1S/C47H47NS10/c1-4-7-19-30-49-42-43(50-31-20-8-5-2)54-45(53-42)44-51-38-39(52-44)41(47(33-23-13-10-14-24-33)57-36-27-17-18-28-37(36)58-47)48(29-6-3)40(38)46(32-21-11-9-12-22-32)55-34-25-15-16-26-35(34)56-46/h9-18,21-28H,4-8,19-20,29-31H2,1-3H3. The molecule has 0 saturated carbocycles. The molecule has 58 heavy (non-hydrogen) atoms. The number of unbranched alkanes of at least 4 members (excludes halogenated alkanes) is 4. The van der Waals surface area contributed by atoms with Gasteiger partial charge in [-0.2, -0.15) is 0 Å². The number of rotatable bonds is 16. The number of aromatic nitrogens is 1. The third-order valence-corrected chi connectivity index (χ3v) is 25.6. The second-order valence-corrected chi connectivity index (χ2v) is 27.3. The monoisotopic (exact) mass is 945 g/mol. The van der Waals surface area contributed by atoms with E-state index in [2.05, 4.69) is 252 Å². The van der Waals surface area contributed by atoms with E-state index in [4.69, 9.17) is 0 Å². The van der Waals surface area contributed by atoms with Crippen molar-refractivity contribution in [2.45, 2.75) is 110 Å². The lowest BCUT2D eigenvalue weighted by atomic mass is 10.1. The molecule has 0 atom stereocenters. The van der Waals surface area contributed by atoms with Gasteiger partial charge >= 0.3 is 0 Å². The Balaban J connectivity index is 1.23. The minimum absolute atomic E-state index is 0.344. The Labute approximate surface area is 388 Å². The number of fused-ring (bicyclic) bond motifs is 3. The molecule has 1 aromatic heterocycles. The summed E-state index contributed by atoms with van der Waals surface area (Å²) in [5, 5.41) is 0. The van der Waals surface area contributed by atoms with Gasteiger partial charge in [0, 0.05) is 26.1 Å². The van der Waals surface area contributed by atoms with E-state index in [0.717, 1.165) is 13.0 Å². The van der Waals surface area contributed by atoms with Crippen molar-refractivity contribution in [2.75, 3.05) is 11.5 Å². The first-order valence-electron chi connectivity index (χ1n) is 20.4. The van der Waals surface area contributed by atoms with E-state index in [1.165, 1.54) is 119 Å². The molecule has 11 heteroatoms. The topological polar surface area (TPSA) is 4.93 Å². The smallest absolute Gasteiger partial charge is 0.136 e. The van der Waals surface area contributed by atoms with Crippen LogP contribution in [0.1, 0.15) is 88.2 Å². The van der Waals surface area contributed by atoms with Gasteiger partial charge in [-0.1, -0.05) is 225 Å². The SMILES string of the molecule is CCCCCSC1=C(SCCCCC)SC(=C2Sc3c(c(C4(c5ccccc5)Sc5ccccc5S4)n(CCC)c3C3(c4ccccc4)Sc4ccccc4S3)S2)S1.